The number of hydrogen-bond donors (Lipinski definition) is 0. The monoisotopic (exact) mass is 378 g/mol. The first-order valence-electron chi connectivity index (χ1n) is 4.73. The first kappa shape index (κ1) is 12.6. The molecule has 0 nitrogen and oxygen atoms in total. The third kappa shape index (κ3) is 2.70. The molecular weight excluding hydrogens is 371 g/mol. The van der Waals surface area contributed by atoms with E-state index in [1.807, 2.05) is 6.07 Å². The van der Waals surface area contributed by atoms with Crippen molar-refractivity contribution in [1.82, 2.24) is 0 Å². The normalized spacial score (nSPS) is 12.8. The van der Waals surface area contributed by atoms with Gasteiger partial charge in [0.2, 0.25) is 0 Å². The largest absolute Gasteiger partial charge is 0.130 e. The van der Waals surface area contributed by atoms with Gasteiger partial charge in [-0.1, -0.05) is 57.4 Å². The maximum Gasteiger partial charge on any atom is 0.0887 e. The van der Waals surface area contributed by atoms with Crippen LogP contribution in [0.5, 0.6) is 0 Å². The number of hydrogen-bond acceptors (Lipinski definition) is 1. The van der Waals surface area contributed by atoms with Gasteiger partial charge in [-0.3, -0.25) is 0 Å². The molecule has 0 saturated heterocycles. The van der Waals surface area contributed by atoms with Crippen molar-refractivity contribution in [2.24, 2.45) is 0 Å². The molecule has 0 amide bonds. The highest BCUT2D eigenvalue weighted by Crippen LogP contribution is 2.41. The Balaban J connectivity index is 2.31. The van der Waals surface area contributed by atoms with Crippen molar-refractivity contribution in [3.05, 3.63) is 55.1 Å². The molecule has 0 N–H and O–H groups in total. The second-order valence-corrected chi connectivity index (χ2v) is 7.27. The summed E-state index contributed by atoms with van der Waals surface area (Å²) >= 11 is 14.8. The molecule has 1 aromatic heterocycles. The van der Waals surface area contributed by atoms with Crippen molar-refractivity contribution in [3.8, 4) is 0 Å². The Kier molecular flexibility index (Phi) is 4.11. The van der Waals surface area contributed by atoms with Crippen LogP contribution in [0.25, 0.3) is 0 Å². The van der Waals surface area contributed by atoms with Crippen LogP contribution < -0.4 is 0 Å². The summed E-state index contributed by atoms with van der Waals surface area (Å²) in [5.74, 6) is 0. The maximum absolute atomic E-state index is 6.03. The molecule has 0 aliphatic carbocycles. The highest BCUT2D eigenvalue weighted by atomic mass is 79.9. The molecule has 0 aliphatic heterocycles. The molecule has 2 aromatic rings. The zero-order chi connectivity index (χ0) is 11.7. The maximum atomic E-state index is 6.03. The van der Waals surface area contributed by atoms with Crippen LogP contribution in [0.2, 0.25) is 5.02 Å². The summed E-state index contributed by atoms with van der Waals surface area (Å²) < 4.78 is 0.987. The fourth-order valence-corrected chi connectivity index (χ4v) is 3.86. The predicted molar refractivity (Wildman–Crippen MR) is 79.0 cm³/mol. The second-order valence-electron chi connectivity index (χ2n) is 3.54. The molecule has 0 bridgehead atoms. The Morgan fingerprint density at radius 2 is 1.88 bits per heavy atom. The van der Waals surface area contributed by atoms with E-state index in [1.165, 1.54) is 16.0 Å². The topological polar surface area (TPSA) is 0 Å². The molecule has 0 saturated carbocycles. The number of benzene rings is 1. The van der Waals surface area contributed by atoms with Gasteiger partial charge in [0.25, 0.3) is 0 Å². The minimum Gasteiger partial charge on any atom is -0.130 e. The summed E-state index contributed by atoms with van der Waals surface area (Å²) in [7, 11) is 0. The summed E-state index contributed by atoms with van der Waals surface area (Å²) in [4.78, 5) is 1.42. The molecule has 84 valence electrons. The van der Waals surface area contributed by atoms with Crippen LogP contribution >= 0.6 is 54.8 Å². The predicted octanol–water partition coefficient (Wildman–Crippen LogP) is 5.96. The quantitative estimate of drug-likeness (QED) is 0.564. The van der Waals surface area contributed by atoms with Crippen LogP contribution in [0.3, 0.4) is 0 Å². The molecule has 4 heteroatoms. The van der Waals surface area contributed by atoms with E-state index < -0.39 is 0 Å². The van der Waals surface area contributed by atoms with Gasteiger partial charge in [-0.05, 0) is 34.5 Å². The summed E-state index contributed by atoms with van der Waals surface area (Å²) in [6.45, 7) is 2.09. The van der Waals surface area contributed by atoms with Crippen LogP contribution in [0, 0.1) is 6.92 Å². The molecule has 0 spiro atoms. The molecule has 0 fully saturated rings. The highest BCUT2D eigenvalue weighted by molar-refractivity contribution is 9.11. The Bertz CT molecular complexity index is 471. The van der Waals surface area contributed by atoms with Crippen LogP contribution in [0.1, 0.15) is 20.8 Å². The van der Waals surface area contributed by atoms with Gasteiger partial charge in [0.15, 0.2) is 0 Å². The van der Waals surface area contributed by atoms with Gasteiger partial charge in [0, 0.05) is 4.88 Å². The number of rotatable bonds is 2. The van der Waals surface area contributed by atoms with Gasteiger partial charge in [0.05, 0.1) is 13.6 Å². The lowest BCUT2D eigenvalue weighted by Gasteiger charge is -2.07. The van der Waals surface area contributed by atoms with Gasteiger partial charge < -0.3 is 0 Å². The number of thiophene rings is 1. The van der Waals surface area contributed by atoms with E-state index in [-0.39, 0.29) is 4.83 Å². The van der Waals surface area contributed by atoms with Gasteiger partial charge >= 0.3 is 0 Å². The molecule has 16 heavy (non-hydrogen) atoms. The Morgan fingerprint density at radius 3 is 2.38 bits per heavy atom. The third-order valence-electron chi connectivity index (χ3n) is 2.28. The molecule has 1 atom stereocenters. The molecule has 1 aromatic carbocycles. The number of halogens is 3. The van der Waals surface area contributed by atoms with Crippen LogP contribution in [0.15, 0.2) is 34.1 Å². The summed E-state index contributed by atoms with van der Waals surface area (Å²) in [6, 6.07) is 10.5. The lowest BCUT2D eigenvalue weighted by Crippen LogP contribution is -1.88. The molecule has 1 heterocycles. The minimum atomic E-state index is 0.210. The Hall–Kier alpha value is 0.170. The van der Waals surface area contributed by atoms with E-state index in [0.29, 0.717) is 0 Å². The fourth-order valence-electron chi connectivity index (χ4n) is 1.39. The van der Waals surface area contributed by atoms with E-state index in [4.69, 9.17) is 11.6 Å². The lowest BCUT2D eigenvalue weighted by atomic mass is 10.1. The summed E-state index contributed by atoms with van der Waals surface area (Å²) in [5, 5.41) is 0.775. The van der Waals surface area contributed by atoms with E-state index in [2.05, 4.69) is 63.0 Å². The van der Waals surface area contributed by atoms with Gasteiger partial charge in [-0.15, -0.1) is 11.3 Å². The van der Waals surface area contributed by atoms with Crippen molar-refractivity contribution in [2.75, 3.05) is 0 Å². The fraction of sp³-hybridized carbons (Fsp3) is 0.167. The minimum absolute atomic E-state index is 0.210. The van der Waals surface area contributed by atoms with Gasteiger partial charge in [0.1, 0.15) is 0 Å². The van der Waals surface area contributed by atoms with Crippen molar-refractivity contribution in [1.29, 1.82) is 0 Å². The van der Waals surface area contributed by atoms with E-state index >= 15 is 0 Å². The zero-order valence-electron chi connectivity index (χ0n) is 8.51. The van der Waals surface area contributed by atoms with Gasteiger partial charge in [-0.2, -0.15) is 0 Å². The van der Waals surface area contributed by atoms with Crippen molar-refractivity contribution in [2.45, 2.75) is 11.8 Å². The molecule has 0 radical (unpaired) electrons. The van der Waals surface area contributed by atoms with Crippen molar-refractivity contribution < 1.29 is 0 Å². The van der Waals surface area contributed by atoms with Crippen LogP contribution in [-0.2, 0) is 0 Å². The SMILES string of the molecule is Cc1ccc(C(Br)c2cc(Cl)c(Br)s2)cc1. The average Bonchev–Trinajstić information content (AvgIpc) is 2.59. The molecule has 0 aliphatic rings. The smallest absolute Gasteiger partial charge is 0.0887 e. The van der Waals surface area contributed by atoms with Crippen LogP contribution in [0.4, 0.5) is 0 Å². The Labute approximate surface area is 121 Å². The highest BCUT2D eigenvalue weighted by Gasteiger charge is 2.14. The Morgan fingerprint density at radius 1 is 1.25 bits per heavy atom. The average molecular weight is 381 g/mol. The van der Waals surface area contributed by atoms with Crippen molar-refractivity contribution in [3.63, 3.8) is 0 Å². The van der Waals surface area contributed by atoms with Crippen LogP contribution in [-0.4, -0.2) is 0 Å². The summed E-state index contributed by atoms with van der Waals surface area (Å²) in [5.41, 5.74) is 2.52. The lowest BCUT2D eigenvalue weighted by molar-refractivity contribution is 1.22. The van der Waals surface area contributed by atoms with E-state index in [1.54, 1.807) is 11.3 Å². The zero-order valence-corrected chi connectivity index (χ0v) is 13.3. The van der Waals surface area contributed by atoms with Gasteiger partial charge in [-0.25, -0.2) is 0 Å². The van der Waals surface area contributed by atoms with E-state index in [9.17, 15) is 0 Å². The standard InChI is InChI=1S/C12H9Br2ClS/c1-7-2-4-8(5-3-7)11(13)10-6-9(15)12(14)16-10/h2-6,11H,1H3. The van der Waals surface area contributed by atoms with Crippen molar-refractivity contribution >= 4 is 54.8 Å². The number of aryl methyl sites for hydroxylation is 1. The third-order valence-corrected chi connectivity index (χ3v) is 6.15. The first-order valence-corrected chi connectivity index (χ1v) is 7.63. The molecule has 2 rings (SSSR count). The van der Waals surface area contributed by atoms with E-state index in [0.717, 1.165) is 8.81 Å². The number of alkyl halides is 1. The molecular formula is C12H9Br2ClS. The second kappa shape index (κ2) is 5.21. The summed E-state index contributed by atoms with van der Waals surface area (Å²) in [6.07, 6.45) is 0. The molecule has 1 unspecified atom stereocenters. The first-order chi connectivity index (χ1) is 7.58.